The summed E-state index contributed by atoms with van der Waals surface area (Å²) in [5.41, 5.74) is 2.28. The molecule has 3 N–H and O–H groups in total. The van der Waals surface area contributed by atoms with E-state index in [1.165, 1.54) is 4.52 Å². The average molecular weight is 450 g/mol. The van der Waals surface area contributed by atoms with Gasteiger partial charge in [-0.15, -0.1) is 0 Å². The van der Waals surface area contributed by atoms with E-state index in [2.05, 4.69) is 20.6 Å². The highest BCUT2D eigenvalue weighted by Crippen LogP contribution is 2.45. The number of H-pyrrole nitrogens is 1. The monoisotopic (exact) mass is 450 g/mol. The molecule has 14 heteroatoms. The second-order valence-electron chi connectivity index (χ2n) is 7.42. The number of carboxylic acid groups (broad SMARTS) is 1. The lowest BCUT2D eigenvalue weighted by Crippen LogP contribution is -2.57. The molecule has 2 aliphatic rings. The molecule has 2 saturated heterocycles. The van der Waals surface area contributed by atoms with E-state index < -0.39 is 49.3 Å². The standard InChI is InChI=1S/C17H18N6O7S/c1-3-8-6-19-23-11(25)4-9(20-14(8)23)15(26)21-18-7-17(2)13(16(27)28)22-10(24)5-12(22)31(17,29)30/h4,6-7,12-13,19H,3,5H2,1-2H3,(H,21,26)(H,27,28)/b18-7+/t12-,13+,17+/m1/s1. The fourth-order valence-corrected chi connectivity index (χ4v) is 6.10. The lowest BCUT2D eigenvalue weighted by atomic mass is 9.97. The van der Waals surface area contributed by atoms with Crippen molar-refractivity contribution in [2.24, 2.45) is 5.10 Å². The number of hydrogen-bond donors (Lipinski definition) is 3. The molecule has 0 unspecified atom stereocenters. The molecule has 2 aliphatic heterocycles. The molecular weight excluding hydrogens is 432 g/mol. The second kappa shape index (κ2) is 6.73. The Kier molecular flexibility index (Phi) is 4.50. The van der Waals surface area contributed by atoms with Crippen molar-refractivity contribution in [1.82, 2.24) is 24.9 Å². The summed E-state index contributed by atoms with van der Waals surface area (Å²) < 4.78 is 24.7. The van der Waals surface area contributed by atoms with Crippen molar-refractivity contribution in [2.75, 3.05) is 0 Å². The second-order valence-corrected chi connectivity index (χ2v) is 9.93. The van der Waals surface area contributed by atoms with E-state index in [0.717, 1.165) is 24.1 Å². The van der Waals surface area contributed by atoms with Crippen molar-refractivity contribution in [3.05, 3.63) is 33.9 Å². The van der Waals surface area contributed by atoms with Gasteiger partial charge in [-0.1, -0.05) is 6.92 Å². The van der Waals surface area contributed by atoms with Crippen LogP contribution in [0.1, 0.15) is 36.3 Å². The number of hydrazone groups is 1. The zero-order valence-electron chi connectivity index (χ0n) is 16.4. The molecule has 0 saturated carbocycles. The van der Waals surface area contributed by atoms with Crippen molar-refractivity contribution < 1.29 is 27.9 Å². The number of nitrogens with one attached hydrogen (secondary N) is 2. The van der Waals surface area contributed by atoms with Gasteiger partial charge in [0.1, 0.15) is 15.8 Å². The first-order chi connectivity index (χ1) is 14.5. The van der Waals surface area contributed by atoms with E-state index >= 15 is 0 Å². The maximum absolute atomic E-state index is 12.8. The third-order valence-electron chi connectivity index (χ3n) is 5.65. The Balaban J connectivity index is 1.63. The number of carbonyl (C=O) groups is 3. The van der Waals surface area contributed by atoms with Gasteiger partial charge in [0.15, 0.2) is 21.5 Å². The van der Waals surface area contributed by atoms with Gasteiger partial charge in [0.2, 0.25) is 5.91 Å². The summed E-state index contributed by atoms with van der Waals surface area (Å²) in [6, 6.07) is -0.692. The summed E-state index contributed by atoms with van der Waals surface area (Å²) in [5, 5.41) is 14.6. The lowest BCUT2D eigenvalue weighted by molar-refractivity contribution is -0.156. The lowest BCUT2D eigenvalue weighted by Gasteiger charge is -2.35. The number of hydrogen-bond acceptors (Lipinski definition) is 8. The minimum absolute atomic E-state index is 0.246. The molecule has 4 rings (SSSR count). The largest absolute Gasteiger partial charge is 0.480 e. The van der Waals surface area contributed by atoms with Crippen molar-refractivity contribution >= 4 is 39.5 Å². The van der Waals surface area contributed by atoms with Gasteiger partial charge >= 0.3 is 5.97 Å². The van der Waals surface area contributed by atoms with Crippen molar-refractivity contribution in [1.29, 1.82) is 0 Å². The van der Waals surface area contributed by atoms with Crippen molar-refractivity contribution in [3.8, 4) is 0 Å². The number of rotatable bonds is 5. The number of fused-ring (bicyclic) bond motifs is 2. The molecular formula is C17H18N6O7S. The highest BCUT2D eigenvalue weighted by molar-refractivity contribution is 7.94. The van der Waals surface area contributed by atoms with Crippen LogP contribution in [-0.2, 0) is 25.8 Å². The summed E-state index contributed by atoms with van der Waals surface area (Å²) >= 11 is 0. The van der Waals surface area contributed by atoms with Crippen LogP contribution >= 0.6 is 0 Å². The SMILES string of the molecule is CCc1c[nH]n2c(=O)cc(C(=O)N/N=C/[C@@]3(C)[C@H](C(=O)O)N4C(=O)C[C@H]4S3(=O)=O)nc12. The number of aromatic amines is 1. The smallest absolute Gasteiger partial charge is 0.328 e. The molecule has 164 valence electrons. The molecule has 2 fully saturated rings. The Morgan fingerprint density at radius 2 is 2.16 bits per heavy atom. The Hall–Kier alpha value is -3.55. The van der Waals surface area contributed by atoms with E-state index in [1.54, 1.807) is 6.20 Å². The molecule has 4 heterocycles. The quantitative estimate of drug-likeness (QED) is 0.279. The van der Waals surface area contributed by atoms with Crippen molar-refractivity contribution in [2.45, 2.75) is 42.9 Å². The third kappa shape index (κ3) is 2.78. The van der Waals surface area contributed by atoms with Crippen LogP contribution in [0.5, 0.6) is 0 Å². The van der Waals surface area contributed by atoms with E-state index in [9.17, 15) is 32.7 Å². The van der Waals surface area contributed by atoms with Gasteiger partial charge in [-0.25, -0.2) is 28.1 Å². The third-order valence-corrected chi connectivity index (χ3v) is 8.31. The van der Waals surface area contributed by atoms with Gasteiger partial charge in [-0.2, -0.15) is 5.10 Å². The van der Waals surface area contributed by atoms with E-state index in [1.807, 2.05) is 6.92 Å². The molecule has 3 atom stereocenters. The molecule has 0 aliphatic carbocycles. The fourth-order valence-electron chi connectivity index (χ4n) is 3.89. The van der Waals surface area contributed by atoms with Gasteiger partial charge in [0.05, 0.1) is 6.42 Å². The zero-order valence-corrected chi connectivity index (χ0v) is 17.2. The van der Waals surface area contributed by atoms with Crippen LogP contribution in [0.3, 0.4) is 0 Å². The first-order valence-corrected chi connectivity index (χ1v) is 10.8. The topological polar surface area (TPSA) is 183 Å². The van der Waals surface area contributed by atoms with Crippen molar-refractivity contribution in [3.63, 3.8) is 0 Å². The van der Waals surface area contributed by atoms with Gasteiger partial charge in [0.25, 0.3) is 11.5 Å². The van der Waals surface area contributed by atoms with Crippen LogP contribution in [0.25, 0.3) is 5.65 Å². The summed E-state index contributed by atoms with van der Waals surface area (Å²) in [7, 11) is -4.10. The van der Waals surface area contributed by atoms with E-state index in [0.29, 0.717) is 12.0 Å². The number of aliphatic carboxylic acids is 1. The molecule has 2 amide bonds. The number of carboxylic acids is 1. The maximum atomic E-state index is 12.8. The number of carbonyl (C=O) groups excluding carboxylic acids is 2. The van der Waals surface area contributed by atoms with Crippen LogP contribution < -0.4 is 11.0 Å². The van der Waals surface area contributed by atoms with Crippen LogP contribution in [-0.4, -0.2) is 73.2 Å². The first-order valence-electron chi connectivity index (χ1n) is 9.25. The number of β-lactam (4-membered cyclic amide) rings is 1. The summed E-state index contributed by atoms with van der Waals surface area (Å²) in [6.07, 6.45) is 2.65. The predicted molar refractivity (Wildman–Crippen MR) is 105 cm³/mol. The Morgan fingerprint density at radius 3 is 2.77 bits per heavy atom. The van der Waals surface area contributed by atoms with Gasteiger partial charge in [0, 0.05) is 24.0 Å². The normalized spacial score (nSPS) is 26.8. The van der Waals surface area contributed by atoms with Crippen LogP contribution in [0, 0.1) is 0 Å². The highest BCUT2D eigenvalue weighted by Gasteiger charge is 2.69. The van der Waals surface area contributed by atoms with Crippen LogP contribution in [0.15, 0.2) is 22.2 Å². The number of aromatic nitrogens is 3. The number of nitrogens with zero attached hydrogens (tertiary/aromatic N) is 4. The molecule has 13 nitrogen and oxygen atoms in total. The summed E-state index contributed by atoms with van der Waals surface area (Å²) in [6.45, 7) is 2.98. The minimum Gasteiger partial charge on any atom is -0.480 e. The maximum Gasteiger partial charge on any atom is 0.328 e. The number of aryl methyl sites for hydroxylation is 1. The Bertz CT molecular complexity index is 1330. The van der Waals surface area contributed by atoms with Crippen LogP contribution in [0.2, 0.25) is 0 Å². The first kappa shape index (κ1) is 20.7. The van der Waals surface area contributed by atoms with Gasteiger partial charge in [-0.05, 0) is 13.3 Å². The summed E-state index contributed by atoms with van der Waals surface area (Å²) in [4.78, 5) is 53.0. The van der Waals surface area contributed by atoms with Crippen LogP contribution in [0.4, 0.5) is 0 Å². The molecule has 31 heavy (non-hydrogen) atoms. The molecule has 0 spiro atoms. The Morgan fingerprint density at radius 1 is 1.45 bits per heavy atom. The number of sulfone groups is 1. The number of amides is 2. The zero-order chi connectivity index (χ0) is 22.7. The molecule has 0 bridgehead atoms. The average Bonchev–Trinajstić information content (AvgIpc) is 3.17. The van der Waals surface area contributed by atoms with Gasteiger partial charge < -0.3 is 10.0 Å². The fraction of sp³-hybridized carbons (Fsp3) is 0.412. The molecule has 2 aromatic heterocycles. The minimum atomic E-state index is -4.10. The molecule has 2 aromatic rings. The summed E-state index contributed by atoms with van der Waals surface area (Å²) in [5.74, 6) is -2.97. The molecule has 0 radical (unpaired) electrons. The predicted octanol–water partition coefficient (Wildman–Crippen LogP) is -1.50. The van der Waals surface area contributed by atoms with E-state index in [4.69, 9.17) is 0 Å². The highest BCUT2D eigenvalue weighted by atomic mass is 32.2. The Labute approximate surface area is 174 Å². The molecule has 0 aromatic carbocycles. The van der Waals surface area contributed by atoms with Gasteiger partial charge in [-0.3, -0.25) is 19.5 Å². The van der Waals surface area contributed by atoms with E-state index in [-0.39, 0.29) is 17.8 Å².